The molecule has 1 saturated carbocycles. The minimum Gasteiger partial charge on any atom is -0.487 e. The molecule has 3 fully saturated rings. The average molecular weight is 354 g/mol. The summed E-state index contributed by atoms with van der Waals surface area (Å²) in [6, 6.07) is 9.68. The molecule has 1 aromatic carbocycles. The van der Waals surface area contributed by atoms with Crippen LogP contribution in [0.4, 0.5) is 0 Å². The summed E-state index contributed by atoms with van der Waals surface area (Å²) in [4.78, 5) is 12.9. The molecule has 1 spiro atoms. The van der Waals surface area contributed by atoms with Gasteiger partial charge in [0.25, 0.3) is 0 Å². The number of hydrogen-bond acceptors (Lipinski definition) is 3. The van der Waals surface area contributed by atoms with Crippen LogP contribution in [-0.4, -0.2) is 23.6 Å². The zero-order valence-corrected chi connectivity index (χ0v) is 15.5. The first-order valence-electron chi connectivity index (χ1n) is 10.5. The van der Waals surface area contributed by atoms with Gasteiger partial charge in [-0.25, -0.2) is 0 Å². The molecule has 2 bridgehead atoms. The van der Waals surface area contributed by atoms with Crippen molar-refractivity contribution >= 4 is 5.91 Å². The van der Waals surface area contributed by atoms with E-state index in [1.807, 2.05) is 6.07 Å². The number of ether oxygens (including phenoxy) is 1. The molecule has 1 aromatic rings. The number of para-hydroxylation sites is 1. The third-order valence-electron chi connectivity index (χ3n) is 7.09. The van der Waals surface area contributed by atoms with Gasteiger partial charge in [0.05, 0.1) is 6.04 Å². The highest BCUT2D eigenvalue weighted by Gasteiger charge is 2.43. The molecule has 4 heteroatoms. The van der Waals surface area contributed by atoms with E-state index < -0.39 is 0 Å². The van der Waals surface area contributed by atoms with Gasteiger partial charge in [-0.1, -0.05) is 18.2 Å². The second kappa shape index (κ2) is 6.56. The molecule has 2 N–H and O–H groups in total. The maximum absolute atomic E-state index is 12.9. The van der Waals surface area contributed by atoms with Crippen LogP contribution in [0.2, 0.25) is 0 Å². The van der Waals surface area contributed by atoms with Crippen LogP contribution in [0.25, 0.3) is 0 Å². The summed E-state index contributed by atoms with van der Waals surface area (Å²) in [5.74, 6) is 1.75. The van der Waals surface area contributed by atoms with Gasteiger partial charge < -0.3 is 15.4 Å². The van der Waals surface area contributed by atoms with E-state index in [9.17, 15) is 4.79 Å². The number of amides is 1. The molecular weight excluding hydrogens is 324 g/mol. The van der Waals surface area contributed by atoms with E-state index in [0.717, 1.165) is 43.4 Å². The van der Waals surface area contributed by atoms with Crippen molar-refractivity contribution < 1.29 is 9.53 Å². The van der Waals surface area contributed by atoms with Crippen LogP contribution in [-0.2, 0) is 4.79 Å². The van der Waals surface area contributed by atoms with Crippen LogP contribution in [0, 0.1) is 5.92 Å². The van der Waals surface area contributed by atoms with Crippen molar-refractivity contribution in [3.63, 3.8) is 0 Å². The maximum atomic E-state index is 12.9. The van der Waals surface area contributed by atoms with Crippen molar-refractivity contribution in [2.75, 3.05) is 0 Å². The first-order chi connectivity index (χ1) is 12.7. The number of rotatable bonds is 3. The molecule has 5 rings (SSSR count). The zero-order chi connectivity index (χ0) is 17.6. The molecule has 3 heterocycles. The van der Waals surface area contributed by atoms with Gasteiger partial charge in [0.1, 0.15) is 11.4 Å². The van der Waals surface area contributed by atoms with Crippen molar-refractivity contribution in [1.29, 1.82) is 0 Å². The van der Waals surface area contributed by atoms with E-state index >= 15 is 0 Å². The topological polar surface area (TPSA) is 50.4 Å². The van der Waals surface area contributed by atoms with Crippen molar-refractivity contribution in [3.05, 3.63) is 29.8 Å². The van der Waals surface area contributed by atoms with Crippen molar-refractivity contribution in [1.82, 2.24) is 10.6 Å². The third kappa shape index (κ3) is 3.13. The van der Waals surface area contributed by atoms with Gasteiger partial charge >= 0.3 is 0 Å². The largest absolute Gasteiger partial charge is 0.487 e. The lowest BCUT2D eigenvalue weighted by atomic mass is 9.85. The number of fused-ring (bicyclic) bond motifs is 3. The Balaban J connectivity index is 1.28. The van der Waals surface area contributed by atoms with Crippen molar-refractivity contribution in [3.8, 4) is 5.75 Å². The molecule has 26 heavy (non-hydrogen) atoms. The van der Waals surface area contributed by atoms with Gasteiger partial charge in [-0.3, -0.25) is 4.79 Å². The number of piperidine rings is 1. The van der Waals surface area contributed by atoms with Gasteiger partial charge in [-0.15, -0.1) is 0 Å². The van der Waals surface area contributed by atoms with Gasteiger partial charge in [-0.2, -0.15) is 0 Å². The second-order valence-electron chi connectivity index (χ2n) is 9.03. The van der Waals surface area contributed by atoms with E-state index in [-0.39, 0.29) is 17.6 Å². The number of hydrogen-bond donors (Lipinski definition) is 2. The smallest absolute Gasteiger partial charge is 0.220 e. The Morgan fingerprint density at radius 1 is 1.15 bits per heavy atom. The minimum absolute atomic E-state index is 0.0554. The molecule has 140 valence electrons. The molecule has 0 aromatic heterocycles. The van der Waals surface area contributed by atoms with Crippen LogP contribution in [0.5, 0.6) is 5.75 Å². The maximum Gasteiger partial charge on any atom is 0.220 e. The lowest BCUT2D eigenvalue weighted by Crippen LogP contribution is -2.44. The molecule has 1 amide bonds. The number of nitrogens with one attached hydrogen (secondary N) is 2. The first-order valence-corrected chi connectivity index (χ1v) is 10.5. The molecule has 1 aliphatic carbocycles. The summed E-state index contributed by atoms with van der Waals surface area (Å²) in [7, 11) is 0. The lowest BCUT2D eigenvalue weighted by Gasteiger charge is -2.40. The summed E-state index contributed by atoms with van der Waals surface area (Å²) < 4.78 is 6.42. The number of benzene rings is 1. The SMILES string of the molecule is O=C(CC1CC2CCC(C1)N2)NC1CC2(CCCC2)Oc2ccccc21. The molecule has 4 nitrogen and oxygen atoms in total. The lowest BCUT2D eigenvalue weighted by molar-refractivity contribution is -0.123. The number of carbonyl (C=O) groups excluding carboxylic acids is 1. The molecule has 4 aliphatic rings. The summed E-state index contributed by atoms with van der Waals surface area (Å²) in [5, 5.41) is 7.06. The van der Waals surface area contributed by atoms with E-state index in [0.29, 0.717) is 24.4 Å². The normalized spacial score (nSPS) is 34.3. The Bertz CT molecular complexity index is 670. The quantitative estimate of drug-likeness (QED) is 0.867. The Morgan fingerprint density at radius 2 is 1.88 bits per heavy atom. The highest BCUT2D eigenvalue weighted by atomic mass is 16.5. The predicted molar refractivity (Wildman–Crippen MR) is 101 cm³/mol. The van der Waals surface area contributed by atoms with Gasteiger partial charge in [0.2, 0.25) is 5.91 Å². The Kier molecular flexibility index (Phi) is 4.19. The van der Waals surface area contributed by atoms with Crippen LogP contribution in [0.15, 0.2) is 24.3 Å². The average Bonchev–Trinajstić information content (AvgIpc) is 3.21. The molecule has 3 aliphatic heterocycles. The summed E-state index contributed by atoms with van der Waals surface area (Å²) in [5.41, 5.74) is 1.10. The molecule has 0 radical (unpaired) electrons. The van der Waals surface area contributed by atoms with Gasteiger partial charge in [-0.05, 0) is 63.4 Å². The van der Waals surface area contributed by atoms with Crippen LogP contribution < -0.4 is 15.4 Å². The Morgan fingerprint density at radius 3 is 2.65 bits per heavy atom. The molecular formula is C22H30N2O2. The van der Waals surface area contributed by atoms with Crippen molar-refractivity contribution in [2.24, 2.45) is 5.92 Å². The van der Waals surface area contributed by atoms with Crippen molar-refractivity contribution in [2.45, 2.75) is 87.9 Å². The molecule has 3 atom stereocenters. The monoisotopic (exact) mass is 354 g/mol. The summed E-state index contributed by atoms with van der Waals surface area (Å²) in [6.45, 7) is 0. The summed E-state index contributed by atoms with van der Waals surface area (Å²) in [6.07, 6.45) is 11.2. The highest BCUT2D eigenvalue weighted by molar-refractivity contribution is 5.77. The van der Waals surface area contributed by atoms with Gasteiger partial charge in [0.15, 0.2) is 0 Å². The fourth-order valence-electron chi connectivity index (χ4n) is 5.93. The first kappa shape index (κ1) is 16.6. The second-order valence-corrected chi connectivity index (χ2v) is 9.03. The fraction of sp³-hybridized carbons (Fsp3) is 0.682. The number of carbonyl (C=O) groups is 1. The molecule has 2 saturated heterocycles. The predicted octanol–water partition coefficient (Wildman–Crippen LogP) is 3.86. The Labute approximate surface area is 156 Å². The summed E-state index contributed by atoms with van der Waals surface area (Å²) >= 11 is 0. The zero-order valence-electron chi connectivity index (χ0n) is 15.5. The fourth-order valence-corrected chi connectivity index (χ4v) is 5.93. The van der Waals surface area contributed by atoms with Crippen LogP contribution in [0.3, 0.4) is 0 Å². The Hall–Kier alpha value is -1.55. The highest BCUT2D eigenvalue weighted by Crippen LogP contribution is 2.47. The third-order valence-corrected chi connectivity index (χ3v) is 7.09. The van der Waals surface area contributed by atoms with Crippen LogP contribution >= 0.6 is 0 Å². The van der Waals surface area contributed by atoms with E-state index in [4.69, 9.17) is 4.74 Å². The standard InChI is InChI=1S/C22H30N2O2/c25-21(13-15-11-16-7-8-17(12-15)23-16)24-19-14-22(9-3-4-10-22)26-20-6-2-1-5-18(19)20/h1-2,5-6,15-17,19,23H,3-4,7-14H2,(H,24,25). The van der Waals surface area contributed by atoms with E-state index in [1.165, 1.54) is 25.7 Å². The van der Waals surface area contributed by atoms with E-state index in [1.54, 1.807) is 0 Å². The minimum atomic E-state index is -0.0554. The van der Waals surface area contributed by atoms with E-state index in [2.05, 4.69) is 28.8 Å². The molecule has 3 unspecified atom stereocenters. The van der Waals surface area contributed by atoms with Gasteiger partial charge in [0, 0.05) is 30.5 Å². The van der Waals surface area contributed by atoms with Crippen LogP contribution in [0.1, 0.15) is 75.8 Å².